The van der Waals surface area contributed by atoms with Crippen LogP contribution in [0.3, 0.4) is 0 Å². The minimum atomic E-state index is 0.448. The molecule has 1 aliphatic heterocycles. The third-order valence-corrected chi connectivity index (χ3v) is 4.38. The third-order valence-electron chi connectivity index (χ3n) is 4.14. The highest BCUT2D eigenvalue weighted by Gasteiger charge is 2.23. The number of benzene rings is 1. The Hall–Kier alpha value is -1.26. The molecule has 0 saturated carbocycles. The summed E-state index contributed by atoms with van der Waals surface area (Å²) in [5.41, 5.74) is 2.13. The van der Waals surface area contributed by atoms with Gasteiger partial charge in [0.05, 0.1) is 24.0 Å². The Balaban J connectivity index is 2.06. The van der Waals surface area contributed by atoms with Crippen LogP contribution in [0.4, 0.5) is 0 Å². The zero-order valence-corrected chi connectivity index (χ0v) is 12.7. The standard InChI is InChI=1S/C15H20ClN3O/c1-18-7-5-11(6-8-18)19-14-9-12(20-2)3-4-13(14)17-15(19)10-16/h3-4,9,11H,5-8,10H2,1-2H3. The zero-order chi connectivity index (χ0) is 14.1. The van der Waals surface area contributed by atoms with E-state index < -0.39 is 0 Å². The molecule has 1 saturated heterocycles. The van der Waals surface area contributed by atoms with Crippen LogP contribution in [0, 0.1) is 0 Å². The van der Waals surface area contributed by atoms with Crippen molar-refractivity contribution in [2.24, 2.45) is 0 Å². The number of fused-ring (bicyclic) bond motifs is 1. The second-order valence-electron chi connectivity index (χ2n) is 5.42. The average Bonchev–Trinajstić information content (AvgIpc) is 2.85. The Bertz CT molecular complexity index is 602. The van der Waals surface area contributed by atoms with Gasteiger partial charge < -0.3 is 14.2 Å². The smallest absolute Gasteiger partial charge is 0.125 e. The van der Waals surface area contributed by atoms with E-state index in [1.807, 2.05) is 12.1 Å². The van der Waals surface area contributed by atoms with Crippen LogP contribution in [0.2, 0.25) is 0 Å². The van der Waals surface area contributed by atoms with Gasteiger partial charge in [0.15, 0.2) is 0 Å². The highest BCUT2D eigenvalue weighted by Crippen LogP contribution is 2.30. The molecule has 1 aromatic carbocycles. The highest BCUT2D eigenvalue weighted by atomic mass is 35.5. The summed E-state index contributed by atoms with van der Waals surface area (Å²) in [7, 11) is 3.87. The molecule has 0 unspecified atom stereocenters. The molecule has 2 aromatic rings. The predicted molar refractivity (Wildman–Crippen MR) is 81.6 cm³/mol. The van der Waals surface area contributed by atoms with Gasteiger partial charge in [-0.05, 0) is 45.1 Å². The van der Waals surface area contributed by atoms with Crippen molar-refractivity contribution in [1.82, 2.24) is 14.5 Å². The number of rotatable bonds is 3. The molecule has 2 heterocycles. The van der Waals surface area contributed by atoms with Crippen LogP contribution in [0.15, 0.2) is 18.2 Å². The summed E-state index contributed by atoms with van der Waals surface area (Å²) in [6.07, 6.45) is 2.28. The fourth-order valence-electron chi connectivity index (χ4n) is 3.00. The molecular weight excluding hydrogens is 274 g/mol. The van der Waals surface area contributed by atoms with Gasteiger partial charge >= 0.3 is 0 Å². The molecule has 1 aromatic heterocycles. The van der Waals surface area contributed by atoms with Crippen LogP contribution in [0.25, 0.3) is 11.0 Å². The molecule has 3 rings (SSSR count). The molecule has 0 bridgehead atoms. The topological polar surface area (TPSA) is 30.3 Å². The molecule has 20 heavy (non-hydrogen) atoms. The highest BCUT2D eigenvalue weighted by molar-refractivity contribution is 6.16. The van der Waals surface area contributed by atoms with Crippen LogP contribution in [-0.2, 0) is 5.88 Å². The normalized spacial score (nSPS) is 17.8. The van der Waals surface area contributed by atoms with Crippen LogP contribution in [0.1, 0.15) is 24.7 Å². The lowest BCUT2D eigenvalue weighted by atomic mass is 10.0. The van der Waals surface area contributed by atoms with Crippen LogP contribution in [0.5, 0.6) is 5.75 Å². The zero-order valence-electron chi connectivity index (χ0n) is 12.0. The molecule has 0 N–H and O–H groups in total. The third kappa shape index (κ3) is 2.38. The van der Waals surface area contributed by atoms with Gasteiger partial charge in [-0.1, -0.05) is 0 Å². The second kappa shape index (κ2) is 5.62. The lowest BCUT2D eigenvalue weighted by molar-refractivity contribution is 0.222. The van der Waals surface area contributed by atoms with Crippen molar-refractivity contribution in [1.29, 1.82) is 0 Å². The van der Waals surface area contributed by atoms with Crippen LogP contribution >= 0.6 is 11.6 Å². The van der Waals surface area contributed by atoms with E-state index in [1.54, 1.807) is 7.11 Å². The molecule has 0 radical (unpaired) electrons. The number of halogens is 1. The lowest BCUT2D eigenvalue weighted by Gasteiger charge is -2.31. The summed E-state index contributed by atoms with van der Waals surface area (Å²) in [6.45, 7) is 2.24. The Labute approximate surface area is 124 Å². The SMILES string of the molecule is COc1ccc2nc(CCl)n(C3CCN(C)CC3)c2c1. The van der Waals surface area contributed by atoms with Gasteiger partial charge in [0.1, 0.15) is 11.6 Å². The van der Waals surface area contributed by atoms with Crippen molar-refractivity contribution in [2.75, 3.05) is 27.2 Å². The molecular formula is C15H20ClN3O. The van der Waals surface area contributed by atoms with E-state index in [1.165, 1.54) is 0 Å². The molecule has 0 spiro atoms. The van der Waals surface area contributed by atoms with Crippen LogP contribution < -0.4 is 4.74 Å². The number of hydrogen-bond acceptors (Lipinski definition) is 3. The minimum absolute atomic E-state index is 0.448. The Morgan fingerprint density at radius 1 is 1.35 bits per heavy atom. The average molecular weight is 294 g/mol. The number of piperidine rings is 1. The Morgan fingerprint density at radius 3 is 2.75 bits per heavy atom. The number of nitrogens with zero attached hydrogens (tertiary/aromatic N) is 3. The molecule has 0 atom stereocenters. The van der Waals surface area contributed by atoms with Gasteiger partial charge in [-0.15, -0.1) is 11.6 Å². The summed E-state index contributed by atoms with van der Waals surface area (Å²) < 4.78 is 7.66. The number of aromatic nitrogens is 2. The molecule has 0 aliphatic carbocycles. The maximum atomic E-state index is 6.10. The minimum Gasteiger partial charge on any atom is -0.497 e. The van der Waals surface area contributed by atoms with E-state index in [2.05, 4.69) is 27.6 Å². The predicted octanol–water partition coefficient (Wildman–Crippen LogP) is 3.05. The van der Waals surface area contributed by atoms with Crippen molar-refractivity contribution >= 4 is 22.6 Å². The summed E-state index contributed by atoms with van der Waals surface area (Å²) >= 11 is 6.10. The van der Waals surface area contributed by atoms with E-state index >= 15 is 0 Å². The first-order valence-corrected chi connectivity index (χ1v) is 7.55. The quantitative estimate of drug-likeness (QED) is 0.815. The summed E-state index contributed by atoms with van der Waals surface area (Å²) in [5.74, 6) is 2.28. The maximum absolute atomic E-state index is 6.10. The van der Waals surface area contributed by atoms with Crippen molar-refractivity contribution in [3.63, 3.8) is 0 Å². The number of ether oxygens (including phenoxy) is 1. The fourth-order valence-corrected chi connectivity index (χ4v) is 3.19. The van der Waals surface area contributed by atoms with Gasteiger partial charge in [-0.2, -0.15) is 0 Å². The number of methoxy groups -OCH3 is 1. The first-order chi connectivity index (χ1) is 9.72. The van der Waals surface area contributed by atoms with Crippen LogP contribution in [-0.4, -0.2) is 41.7 Å². The molecule has 0 amide bonds. The summed E-state index contributed by atoms with van der Waals surface area (Å²) in [6, 6.07) is 6.51. The largest absolute Gasteiger partial charge is 0.497 e. The van der Waals surface area contributed by atoms with Crippen molar-refractivity contribution in [2.45, 2.75) is 24.8 Å². The van der Waals surface area contributed by atoms with Crippen molar-refractivity contribution in [3.05, 3.63) is 24.0 Å². The Kier molecular flexibility index (Phi) is 3.85. The van der Waals surface area contributed by atoms with E-state index in [0.29, 0.717) is 11.9 Å². The van der Waals surface area contributed by atoms with Gasteiger partial charge in [-0.3, -0.25) is 0 Å². The van der Waals surface area contributed by atoms with E-state index in [9.17, 15) is 0 Å². The maximum Gasteiger partial charge on any atom is 0.125 e. The monoisotopic (exact) mass is 293 g/mol. The molecule has 1 fully saturated rings. The first-order valence-electron chi connectivity index (χ1n) is 7.02. The number of imidazole rings is 1. The van der Waals surface area contributed by atoms with Crippen molar-refractivity contribution < 1.29 is 4.74 Å². The van der Waals surface area contributed by atoms with Gasteiger partial charge in [0, 0.05) is 12.1 Å². The van der Waals surface area contributed by atoms with Crippen molar-refractivity contribution in [3.8, 4) is 5.75 Å². The summed E-state index contributed by atoms with van der Waals surface area (Å²) in [5, 5.41) is 0. The fraction of sp³-hybridized carbons (Fsp3) is 0.533. The number of likely N-dealkylation sites (tertiary alicyclic amines) is 1. The van der Waals surface area contributed by atoms with E-state index in [0.717, 1.165) is 48.5 Å². The summed E-state index contributed by atoms with van der Waals surface area (Å²) in [4.78, 5) is 7.03. The van der Waals surface area contributed by atoms with Gasteiger partial charge in [0.25, 0.3) is 0 Å². The van der Waals surface area contributed by atoms with Gasteiger partial charge in [-0.25, -0.2) is 4.98 Å². The number of alkyl halides is 1. The molecule has 4 nitrogen and oxygen atoms in total. The lowest BCUT2D eigenvalue weighted by Crippen LogP contribution is -2.31. The van der Waals surface area contributed by atoms with Gasteiger partial charge in [0.2, 0.25) is 0 Å². The second-order valence-corrected chi connectivity index (χ2v) is 5.69. The molecule has 5 heteroatoms. The molecule has 1 aliphatic rings. The van der Waals surface area contributed by atoms with E-state index in [4.69, 9.17) is 16.3 Å². The molecule has 108 valence electrons. The number of hydrogen-bond donors (Lipinski definition) is 0. The Morgan fingerprint density at radius 2 is 2.10 bits per heavy atom. The van der Waals surface area contributed by atoms with E-state index in [-0.39, 0.29) is 0 Å². The first kappa shape index (κ1) is 13.7.